The third-order valence-electron chi connectivity index (χ3n) is 3.07. The molecule has 5 nitrogen and oxygen atoms in total. The third-order valence-corrected chi connectivity index (χ3v) is 3.07. The van der Waals surface area contributed by atoms with Crippen LogP contribution < -0.4 is 10.1 Å². The second-order valence-corrected chi connectivity index (χ2v) is 4.57. The standard InChI is InChI=1S/C15H21NO4/c1-3-13(15(18)19)16-14(17)6-4-5-11-7-9-12(20-2)10-8-11/h7-10,13H,3-6H2,1-2H3,(H,16,17)(H,18,19). The summed E-state index contributed by atoms with van der Waals surface area (Å²) in [5.41, 5.74) is 1.13. The third kappa shape index (κ3) is 5.30. The van der Waals surface area contributed by atoms with Crippen molar-refractivity contribution in [3.8, 4) is 5.75 Å². The van der Waals surface area contributed by atoms with Crippen molar-refractivity contribution >= 4 is 11.9 Å². The van der Waals surface area contributed by atoms with Crippen molar-refractivity contribution in [3.63, 3.8) is 0 Å². The van der Waals surface area contributed by atoms with Crippen LogP contribution in [0.1, 0.15) is 31.7 Å². The first-order valence-corrected chi connectivity index (χ1v) is 6.72. The summed E-state index contributed by atoms with van der Waals surface area (Å²) in [6.07, 6.45) is 2.19. The SMILES string of the molecule is CCC(NC(=O)CCCc1ccc(OC)cc1)C(=O)O. The van der Waals surface area contributed by atoms with Gasteiger partial charge in [-0.05, 0) is 37.0 Å². The molecule has 20 heavy (non-hydrogen) atoms. The number of amides is 1. The maximum Gasteiger partial charge on any atom is 0.326 e. The molecule has 0 spiro atoms. The van der Waals surface area contributed by atoms with E-state index in [4.69, 9.17) is 9.84 Å². The summed E-state index contributed by atoms with van der Waals surface area (Å²) in [7, 11) is 1.62. The molecule has 0 fully saturated rings. The lowest BCUT2D eigenvalue weighted by molar-refractivity contribution is -0.141. The molecule has 0 aliphatic rings. The molecule has 0 heterocycles. The van der Waals surface area contributed by atoms with Crippen LogP contribution in [-0.2, 0) is 16.0 Å². The normalized spacial score (nSPS) is 11.7. The number of aryl methyl sites for hydroxylation is 1. The van der Waals surface area contributed by atoms with E-state index in [1.807, 2.05) is 24.3 Å². The smallest absolute Gasteiger partial charge is 0.326 e. The summed E-state index contributed by atoms with van der Waals surface area (Å²) >= 11 is 0. The van der Waals surface area contributed by atoms with Gasteiger partial charge in [0.25, 0.3) is 0 Å². The zero-order valence-corrected chi connectivity index (χ0v) is 11.9. The molecular formula is C15H21NO4. The van der Waals surface area contributed by atoms with Crippen LogP contribution in [0.4, 0.5) is 0 Å². The molecule has 0 saturated heterocycles. The molecule has 0 aromatic heterocycles. The number of benzene rings is 1. The molecule has 0 aliphatic carbocycles. The van der Waals surface area contributed by atoms with Gasteiger partial charge < -0.3 is 15.2 Å². The van der Waals surface area contributed by atoms with Gasteiger partial charge in [-0.1, -0.05) is 19.1 Å². The Kier molecular flexibility index (Phi) is 6.56. The van der Waals surface area contributed by atoms with E-state index in [-0.39, 0.29) is 5.91 Å². The number of hydrogen-bond acceptors (Lipinski definition) is 3. The van der Waals surface area contributed by atoms with Gasteiger partial charge in [0.15, 0.2) is 0 Å². The van der Waals surface area contributed by atoms with Crippen molar-refractivity contribution in [1.82, 2.24) is 5.32 Å². The van der Waals surface area contributed by atoms with Gasteiger partial charge in [0, 0.05) is 6.42 Å². The number of rotatable bonds is 8. The summed E-state index contributed by atoms with van der Waals surface area (Å²) in [4.78, 5) is 22.4. The second-order valence-electron chi connectivity index (χ2n) is 4.57. The van der Waals surface area contributed by atoms with Crippen LogP contribution in [0.2, 0.25) is 0 Å². The Bertz CT molecular complexity index is 442. The number of aliphatic carboxylic acids is 1. The van der Waals surface area contributed by atoms with Crippen LogP contribution in [0.5, 0.6) is 5.75 Å². The van der Waals surface area contributed by atoms with Crippen LogP contribution in [0.3, 0.4) is 0 Å². The Morgan fingerprint density at radius 1 is 1.30 bits per heavy atom. The van der Waals surface area contributed by atoms with Crippen molar-refractivity contribution in [3.05, 3.63) is 29.8 Å². The number of carboxylic acid groups (broad SMARTS) is 1. The van der Waals surface area contributed by atoms with E-state index in [2.05, 4.69) is 5.32 Å². The van der Waals surface area contributed by atoms with Gasteiger partial charge in [-0.3, -0.25) is 4.79 Å². The predicted molar refractivity (Wildman–Crippen MR) is 75.8 cm³/mol. The molecule has 5 heteroatoms. The molecule has 1 amide bonds. The van der Waals surface area contributed by atoms with E-state index in [1.54, 1.807) is 14.0 Å². The molecular weight excluding hydrogens is 258 g/mol. The Morgan fingerprint density at radius 2 is 1.95 bits per heavy atom. The molecule has 1 atom stereocenters. The molecule has 1 unspecified atom stereocenters. The van der Waals surface area contributed by atoms with Gasteiger partial charge in [0.2, 0.25) is 5.91 Å². The Balaban J connectivity index is 2.32. The van der Waals surface area contributed by atoms with Crippen LogP contribution in [0, 0.1) is 0 Å². The maximum atomic E-state index is 11.6. The van der Waals surface area contributed by atoms with Crippen LogP contribution >= 0.6 is 0 Å². The van der Waals surface area contributed by atoms with Gasteiger partial charge in [-0.15, -0.1) is 0 Å². The number of carboxylic acids is 1. The van der Waals surface area contributed by atoms with Gasteiger partial charge in [0.1, 0.15) is 11.8 Å². The van der Waals surface area contributed by atoms with E-state index in [1.165, 1.54) is 0 Å². The molecule has 1 aromatic carbocycles. The first-order chi connectivity index (χ1) is 9.56. The number of carbonyl (C=O) groups excluding carboxylic acids is 1. The molecule has 1 aromatic rings. The monoisotopic (exact) mass is 279 g/mol. The lowest BCUT2D eigenvalue weighted by Gasteiger charge is -2.12. The molecule has 0 bridgehead atoms. The summed E-state index contributed by atoms with van der Waals surface area (Å²) in [6, 6.07) is 6.90. The van der Waals surface area contributed by atoms with Crippen molar-refractivity contribution in [2.75, 3.05) is 7.11 Å². The fourth-order valence-corrected chi connectivity index (χ4v) is 1.85. The van der Waals surface area contributed by atoms with Gasteiger partial charge >= 0.3 is 5.97 Å². The topological polar surface area (TPSA) is 75.6 Å². The highest BCUT2D eigenvalue weighted by Crippen LogP contribution is 2.13. The van der Waals surface area contributed by atoms with Gasteiger partial charge in [-0.2, -0.15) is 0 Å². The summed E-state index contributed by atoms with van der Waals surface area (Å²) in [5, 5.41) is 11.4. The van der Waals surface area contributed by atoms with Crippen LogP contribution in [-0.4, -0.2) is 30.1 Å². The molecule has 1 rings (SSSR count). The zero-order chi connectivity index (χ0) is 15.0. The first kappa shape index (κ1) is 16.0. The molecule has 0 aliphatic heterocycles. The number of carbonyl (C=O) groups is 2. The number of methoxy groups -OCH3 is 1. The average molecular weight is 279 g/mol. The van der Waals surface area contributed by atoms with E-state index in [0.717, 1.165) is 17.7 Å². The lowest BCUT2D eigenvalue weighted by atomic mass is 10.1. The highest BCUT2D eigenvalue weighted by molar-refractivity contribution is 5.83. The van der Waals surface area contributed by atoms with Crippen molar-refractivity contribution in [2.24, 2.45) is 0 Å². The zero-order valence-electron chi connectivity index (χ0n) is 11.9. The van der Waals surface area contributed by atoms with Crippen molar-refractivity contribution in [2.45, 2.75) is 38.6 Å². The Morgan fingerprint density at radius 3 is 2.45 bits per heavy atom. The molecule has 0 saturated carbocycles. The fourth-order valence-electron chi connectivity index (χ4n) is 1.85. The summed E-state index contributed by atoms with van der Waals surface area (Å²) in [6.45, 7) is 1.73. The second kappa shape index (κ2) is 8.19. The minimum absolute atomic E-state index is 0.215. The Hall–Kier alpha value is -2.04. The molecule has 110 valence electrons. The predicted octanol–water partition coefficient (Wildman–Crippen LogP) is 2.00. The quantitative estimate of drug-likeness (QED) is 0.763. The van der Waals surface area contributed by atoms with Gasteiger partial charge in [-0.25, -0.2) is 4.79 Å². The van der Waals surface area contributed by atoms with Gasteiger partial charge in [0.05, 0.1) is 7.11 Å². The minimum atomic E-state index is -0.990. The number of hydrogen-bond donors (Lipinski definition) is 2. The van der Waals surface area contributed by atoms with E-state index < -0.39 is 12.0 Å². The van der Waals surface area contributed by atoms with Crippen LogP contribution in [0.25, 0.3) is 0 Å². The fraction of sp³-hybridized carbons (Fsp3) is 0.467. The number of ether oxygens (including phenoxy) is 1. The van der Waals surface area contributed by atoms with Crippen molar-refractivity contribution in [1.29, 1.82) is 0 Å². The number of nitrogens with one attached hydrogen (secondary N) is 1. The first-order valence-electron chi connectivity index (χ1n) is 6.72. The van der Waals surface area contributed by atoms with E-state index >= 15 is 0 Å². The van der Waals surface area contributed by atoms with E-state index in [9.17, 15) is 9.59 Å². The van der Waals surface area contributed by atoms with E-state index in [0.29, 0.717) is 19.3 Å². The highest BCUT2D eigenvalue weighted by Gasteiger charge is 2.16. The lowest BCUT2D eigenvalue weighted by Crippen LogP contribution is -2.40. The van der Waals surface area contributed by atoms with Crippen LogP contribution in [0.15, 0.2) is 24.3 Å². The molecule has 0 radical (unpaired) electrons. The highest BCUT2D eigenvalue weighted by atomic mass is 16.5. The average Bonchev–Trinajstić information content (AvgIpc) is 2.45. The molecule has 2 N–H and O–H groups in total. The van der Waals surface area contributed by atoms with Crippen molar-refractivity contribution < 1.29 is 19.4 Å². The minimum Gasteiger partial charge on any atom is -0.497 e. The summed E-state index contributed by atoms with van der Waals surface area (Å²) in [5.74, 6) is -0.400. The Labute approximate surface area is 118 Å². The largest absolute Gasteiger partial charge is 0.497 e. The summed E-state index contributed by atoms with van der Waals surface area (Å²) < 4.78 is 5.07. The maximum absolute atomic E-state index is 11.6.